The molecule has 0 fully saturated rings. The standard InChI is InChI=1S/C32H30O7/c1-35-22-39-26-18-28(34)32(31(19-26)38-21-25-11-7-4-8-12-25)27(33)15-13-23-14-16-29(30(17-23)36-2)37-20-24-9-5-3-6-10-24/h3-19,34H,20-22H2,1-2H3/b15-13+. The van der Waals surface area contributed by atoms with Gasteiger partial charge in [-0.15, -0.1) is 0 Å². The number of phenolic OH excluding ortho intramolecular Hbond substituents is 1. The SMILES string of the molecule is COCOc1cc(O)c(C(=O)/C=C/c2ccc(OCc3ccccc3)c(OC)c2)c(OCc2ccccc2)c1. The van der Waals surface area contributed by atoms with Crippen LogP contribution in [0.5, 0.6) is 28.7 Å². The number of ether oxygens (including phenoxy) is 5. The second-order valence-electron chi connectivity index (χ2n) is 8.52. The topological polar surface area (TPSA) is 83.5 Å². The van der Waals surface area contributed by atoms with Crippen LogP contribution in [0.1, 0.15) is 27.0 Å². The van der Waals surface area contributed by atoms with Gasteiger partial charge in [0, 0.05) is 19.2 Å². The molecule has 7 nitrogen and oxygen atoms in total. The van der Waals surface area contributed by atoms with Crippen LogP contribution >= 0.6 is 0 Å². The third kappa shape index (κ3) is 7.63. The van der Waals surface area contributed by atoms with Crippen LogP contribution in [0.3, 0.4) is 0 Å². The molecule has 4 rings (SSSR count). The number of benzene rings is 4. The minimum atomic E-state index is -0.433. The number of aromatic hydroxyl groups is 1. The van der Waals surface area contributed by atoms with Crippen LogP contribution in [-0.4, -0.2) is 31.9 Å². The summed E-state index contributed by atoms with van der Waals surface area (Å²) in [5, 5.41) is 10.7. The quantitative estimate of drug-likeness (QED) is 0.122. The van der Waals surface area contributed by atoms with Gasteiger partial charge < -0.3 is 28.8 Å². The van der Waals surface area contributed by atoms with E-state index in [-0.39, 0.29) is 30.5 Å². The first-order valence-electron chi connectivity index (χ1n) is 12.3. The smallest absolute Gasteiger partial charge is 0.193 e. The zero-order chi connectivity index (χ0) is 27.5. The molecule has 0 aliphatic carbocycles. The van der Waals surface area contributed by atoms with E-state index in [0.29, 0.717) is 23.9 Å². The summed E-state index contributed by atoms with van der Waals surface area (Å²) in [6, 6.07) is 27.7. The van der Waals surface area contributed by atoms with Gasteiger partial charge in [0.1, 0.15) is 36.0 Å². The predicted molar refractivity (Wildman–Crippen MR) is 149 cm³/mol. The molecule has 0 atom stereocenters. The summed E-state index contributed by atoms with van der Waals surface area (Å²) >= 11 is 0. The summed E-state index contributed by atoms with van der Waals surface area (Å²) in [5.74, 6) is 0.942. The fraction of sp³-hybridized carbons (Fsp3) is 0.156. The second kappa shape index (κ2) is 13.7. The van der Waals surface area contributed by atoms with Crippen molar-refractivity contribution in [2.45, 2.75) is 13.2 Å². The van der Waals surface area contributed by atoms with E-state index in [0.717, 1.165) is 16.7 Å². The predicted octanol–water partition coefficient (Wildman–Crippen LogP) is 6.44. The first kappa shape index (κ1) is 27.3. The Morgan fingerprint density at radius 2 is 1.38 bits per heavy atom. The molecule has 0 aliphatic heterocycles. The molecular formula is C32H30O7. The maximum atomic E-state index is 13.2. The summed E-state index contributed by atoms with van der Waals surface area (Å²) in [7, 11) is 3.05. The Labute approximate surface area is 227 Å². The zero-order valence-corrected chi connectivity index (χ0v) is 21.8. The third-order valence-corrected chi connectivity index (χ3v) is 5.73. The fourth-order valence-corrected chi connectivity index (χ4v) is 3.78. The van der Waals surface area contributed by atoms with E-state index in [1.54, 1.807) is 31.4 Å². The van der Waals surface area contributed by atoms with E-state index in [2.05, 4.69) is 0 Å². The molecule has 0 saturated carbocycles. The number of rotatable bonds is 13. The summed E-state index contributed by atoms with van der Waals surface area (Å²) < 4.78 is 27.8. The monoisotopic (exact) mass is 526 g/mol. The van der Waals surface area contributed by atoms with Crippen LogP contribution in [0.15, 0.2) is 97.1 Å². The van der Waals surface area contributed by atoms with E-state index in [1.807, 2.05) is 66.7 Å². The lowest BCUT2D eigenvalue weighted by atomic mass is 10.1. The molecule has 1 N–H and O–H groups in total. The van der Waals surface area contributed by atoms with Crippen molar-refractivity contribution < 1.29 is 33.6 Å². The summed E-state index contributed by atoms with van der Waals surface area (Å²) in [6.45, 7) is 0.595. The maximum absolute atomic E-state index is 13.2. The Morgan fingerprint density at radius 1 is 0.744 bits per heavy atom. The van der Waals surface area contributed by atoms with E-state index < -0.39 is 5.78 Å². The number of methoxy groups -OCH3 is 2. The zero-order valence-electron chi connectivity index (χ0n) is 21.8. The van der Waals surface area contributed by atoms with Crippen LogP contribution in [-0.2, 0) is 18.0 Å². The van der Waals surface area contributed by atoms with Crippen molar-refractivity contribution >= 4 is 11.9 Å². The molecule has 4 aromatic carbocycles. The number of hydrogen-bond donors (Lipinski definition) is 1. The van der Waals surface area contributed by atoms with Crippen molar-refractivity contribution in [2.75, 3.05) is 21.0 Å². The minimum Gasteiger partial charge on any atom is -0.507 e. The Morgan fingerprint density at radius 3 is 2.00 bits per heavy atom. The van der Waals surface area contributed by atoms with Crippen molar-refractivity contribution in [3.05, 3.63) is 119 Å². The highest BCUT2D eigenvalue weighted by atomic mass is 16.7. The third-order valence-electron chi connectivity index (χ3n) is 5.73. The molecule has 0 amide bonds. The molecule has 200 valence electrons. The molecule has 0 heterocycles. The Hall–Kier alpha value is -4.75. The van der Waals surface area contributed by atoms with Gasteiger partial charge in [-0.2, -0.15) is 0 Å². The molecule has 0 spiro atoms. The van der Waals surface area contributed by atoms with Crippen molar-refractivity contribution in [1.29, 1.82) is 0 Å². The molecule has 4 aromatic rings. The first-order chi connectivity index (χ1) is 19.1. The summed E-state index contributed by atoms with van der Waals surface area (Å²) in [6.07, 6.45) is 3.01. The van der Waals surface area contributed by atoms with Gasteiger partial charge in [-0.25, -0.2) is 0 Å². The van der Waals surface area contributed by atoms with Crippen LogP contribution in [0.2, 0.25) is 0 Å². The number of allylic oxidation sites excluding steroid dienone is 1. The highest BCUT2D eigenvalue weighted by molar-refractivity contribution is 6.10. The average molecular weight is 527 g/mol. The summed E-state index contributed by atoms with van der Waals surface area (Å²) in [4.78, 5) is 13.2. The number of carbonyl (C=O) groups is 1. The molecule has 39 heavy (non-hydrogen) atoms. The van der Waals surface area contributed by atoms with Gasteiger partial charge in [0.05, 0.1) is 7.11 Å². The van der Waals surface area contributed by atoms with Gasteiger partial charge in [0.2, 0.25) is 0 Å². The van der Waals surface area contributed by atoms with Crippen LogP contribution in [0, 0.1) is 0 Å². The highest BCUT2D eigenvalue weighted by Gasteiger charge is 2.19. The van der Waals surface area contributed by atoms with E-state index in [1.165, 1.54) is 19.3 Å². The Kier molecular flexibility index (Phi) is 9.58. The van der Waals surface area contributed by atoms with Crippen molar-refractivity contribution in [2.24, 2.45) is 0 Å². The molecule has 0 saturated heterocycles. The fourth-order valence-electron chi connectivity index (χ4n) is 3.78. The number of carbonyl (C=O) groups excluding carboxylic acids is 1. The van der Waals surface area contributed by atoms with Gasteiger partial charge in [-0.3, -0.25) is 4.79 Å². The molecular weight excluding hydrogens is 496 g/mol. The van der Waals surface area contributed by atoms with E-state index in [9.17, 15) is 9.90 Å². The molecule has 0 aliphatic rings. The van der Waals surface area contributed by atoms with Gasteiger partial charge in [-0.05, 0) is 34.9 Å². The molecule has 0 radical (unpaired) electrons. The lowest BCUT2D eigenvalue weighted by Gasteiger charge is -2.14. The van der Waals surface area contributed by atoms with Gasteiger partial charge >= 0.3 is 0 Å². The lowest BCUT2D eigenvalue weighted by molar-refractivity contribution is 0.0507. The van der Waals surface area contributed by atoms with Gasteiger partial charge in [-0.1, -0.05) is 72.8 Å². The number of phenols is 1. The second-order valence-corrected chi connectivity index (χ2v) is 8.52. The largest absolute Gasteiger partial charge is 0.507 e. The molecule has 0 unspecified atom stereocenters. The summed E-state index contributed by atoms with van der Waals surface area (Å²) in [5.41, 5.74) is 2.70. The maximum Gasteiger partial charge on any atom is 0.193 e. The average Bonchev–Trinajstić information content (AvgIpc) is 2.97. The van der Waals surface area contributed by atoms with Gasteiger partial charge in [0.15, 0.2) is 24.1 Å². The van der Waals surface area contributed by atoms with Crippen LogP contribution in [0.4, 0.5) is 0 Å². The van der Waals surface area contributed by atoms with Crippen molar-refractivity contribution in [1.82, 2.24) is 0 Å². The molecule has 0 bridgehead atoms. The van der Waals surface area contributed by atoms with Crippen molar-refractivity contribution in [3.8, 4) is 28.7 Å². The number of hydrogen-bond acceptors (Lipinski definition) is 7. The van der Waals surface area contributed by atoms with E-state index >= 15 is 0 Å². The Balaban J connectivity index is 1.53. The lowest BCUT2D eigenvalue weighted by Crippen LogP contribution is -2.05. The van der Waals surface area contributed by atoms with Crippen molar-refractivity contribution in [3.63, 3.8) is 0 Å². The normalized spacial score (nSPS) is 10.8. The molecule has 0 aromatic heterocycles. The van der Waals surface area contributed by atoms with E-state index in [4.69, 9.17) is 23.7 Å². The van der Waals surface area contributed by atoms with Gasteiger partial charge in [0.25, 0.3) is 0 Å². The Bertz CT molecular complexity index is 1400. The minimum absolute atomic E-state index is 0.0162. The number of ketones is 1. The highest BCUT2D eigenvalue weighted by Crippen LogP contribution is 2.35. The molecule has 7 heteroatoms. The first-order valence-corrected chi connectivity index (χ1v) is 12.3. The van der Waals surface area contributed by atoms with Crippen LogP contribution < -0.4 is 18.9 Å². The van der Waals surface area contributed by atoms with Crippen LogP contribution in [0.25, 0.3) is 6.08 Å².